The Kier molecular flexibility index (Phi) is 8.60. The zero-order chi connectivity index (χ0) is 28.4. The minimum Gasteiger partial charge on any atom is -0.386 e. The van der Waals surface area contributed by atoms with Crippen LogP contribution in [-0.2, 0) is 4.79 Å². The molecule has 0 radical (unpaired) electrons. The first-order valence-corrected chi connectivity index (χ1v) is 14.5. The number of aliphatic imine (C=N–C) groups is 1. The van der Waals surface area contributed by atoms with E-state index in [2.05, 4.69) is 47.2 Å². The Hall–Kier alpha value is -3.05. The SMILES string of the molecule is CC1CCC2(CC1)N=C(c1ccc(P)cc1)C(=O)N2C(CCC(C)(C)C)c1ccc(C(=O)NCC(=N)N)cc1. The summed E-state index contributed by atoms with van der Waals surface area (Å²) >= 11 is 0. The van der Waals surface area contributed by atoms with E-state index in [1.54, 1.807) is 12.1 Å². The predicted octanol–water partition coefficient (Wildman–Crippen LogP) is 4.96. The van der Waals surface area contributed by atoms with Crippen LogP contribution in [0.15, 0.2) is 53.5 Å². The molecule has 1 saturated carbocycles. The molecular formula is C31H42N5O2P. The molecule has 4 N–H and O–H groups in total. The summed E-state index contributed by atoms with van der Waals surface area (Å²) in [6.07, 6.45) is 5.51. The summed E-state index contributed by atoms with van der Waals surface area (Å²) in [5, 5.41) is 11.1. The number of amides is 2. The second-order valence-corrected chi connectivity index (χ2v) is 13.0. The number of amidine groups is 1. The van der Waals surface area contributed by atoms with E-state index < -0.39 is 5.66 Å². The summed E-state index contributed by atoms with van der Waals surface area (Å²) in [7, 11) is 2.69. The van der Waals surface area contributed by atoms with Crippen LogP contribution >= 0.6 is 9.24 Å². The van der Waals surface area contributed by atoms with Crippen molar-refractivity contribution < 1.29 is 9.59 Å². The van der Waals surface area contributed by atoms with Crippen molar-refractivity contribution in [2.45, 2.75) is 77.9 Å². The van der Waals surface area contributed by atoms with Gasteiger partial charge < -0.3 is 16.0 Å². The molecule has 2 aromatic carbocycles. The molecule has 39 heavy (non-hydrogen) atoms. The van der Waals surface area contributed by atoms with Gasteiger partial charge in [-0.15, -0.1) is 9.24 Å². The summed E-state index contributed by atoms with van der Waals surface area (Å²) in [5.74, 6) is 0.235. The monoisotopic (exact) mass is 547 g/mol. The first kappa shape index (κ1) is 28.9. The average Bonchev–Trinajstić information content (AvgIpc) is 3.16. The third-order valence-corrected chi connectivity index (χ3v) is 8.31. The molecule has 1 aliphatic carbocycles. The zero-order valence-electron chi connectivity index (χ0n) is 23.6. The van der Waals surface area contributed by atoms with Crippen LogP contribution in [0.3, 0.4) is 0 Å². The minimum atomic E-state index is -0.557. The smallest absolute Gasteiger partial charge is 0.275 e. The van der Waals surface area contributed by atoms with Crippen molar-refractivity contribution in [2.75, 3.05) is 6.54 Å². The van der Waals surface area contributed by atoms with Crippen LogP contribution in [0.25, 0.3) is 0 Å². The Morgan fingerprint density at radius 1 is 1.15 bits per heavy atom. The molecule has 7 nitrogen and oxygen atoms in total. The van der Waals surface area contributed by atoms with Gasteiger partial charge in [-0.1, -0.05) is 64.1 Å². The Labute approximate surface area is 234 Å². The number of benzene rings is 2. The Morgan fingerprint density at radius 2 is 1.77 bits per heavy atom. The van der Waals surface area contributed by atoms with Gasteiger partial charge in [-0.25, -0.2) is 0 Å². The summed E-state index contributed by atoms with van der Waals surface area (Å²) < 4.78 is 0. The van der Waals surface area contributed by atoms with E-state index in [0.29, 0.717) is 17.2 Å². The first-order chi connectivity index (χ1) is 18.4. The maximum Gasteiger partial charge on any atom is 0.275 e. The van der Waals surface area contributed by atoms with Gasteiger partial charge in [-0.3, -0.25) is 20.0 Å². The molecule has 1 spiro atoms. The van der Waals surface area contributed by atoms with Crippen molar-refractivity contribution >= 4 is 37.9 Å². The van der Waals surface area contributed by atoms with Crippen molar-refractivity contribution in [3.8, 4) is 0 Å². The first-order valence-electron chi connectivity index (χ1n) is 13.9. The lowest BCUT2D eigenvalue weighted by molar-refractivity contribution is -0.133. The minimum absolute atomic E-state index is 0.00975. The normalized spacial score (nSPS) is 22.1. The molecule has 0 saturated heterocycles. The van der Waals surface area contributed by atoms with E-state index in [4.69, 9.17) is 16.1 Å². The molecule has 2 aliphatic rings. The van der Waals surface area contributed by atoms with Gasteiger partial charge >= 0.3 is 0 Å². The van der Waals surface area contributed by atoms with E-state index >= 15 is 0 Å². The van der Waals surface area contributed by atoms with Crippen LogP contribution in [0, 0.1) is 16.7 Å². The summed E-state index contributed by atoms with van der Waals surface area (Å²) in [4.78, 5) is 34.2. The van der Waals surface area contributed by atoms with Crippen molar-refractivity contribution in [1.82, 2.24) is 10.2 Å². The van der Waals surface area contributed by atoms with Gasteiger partial charge in [0.05, 0.1) is 12.6 Å². The van der Waals surface area contributed by atoms with Gasteiger partial charge in [0.15, 0.2) is 0 Å². The number of nitrogens with zero attached hydrogens (tertiary/aromatic N) is 2. The van der Waals surface area contributed by atoms with Crippen LogP contribution in [0.4, 0.5) is 0 Å². The largest absolute Gasteiger partial charge is 0.386 e. The highest BCUT2D eigenvalue weighted by molar-refractivity contribution is 7.27. The van der Waals surface area contributed by atoms with Crippen molar-refractivity contribution in [3.05, 3.63) is 65.2 Å². The highest BCUT2D eigenvalue weighted by atomic mass is 31.0. The number of hydrogen-bond donors (Lipinski definition) is 3. The number of nitrogens with one attached hydrogen (secondary N) is 2. The van der Waals surface area contributed by atoms with Gasteiger partial charge in [-0.05, 0) is 72.9 Å². The number of hydrogen-bond acceptors (Lipinski definition) is 4. The maximum absolute atomic E-state index is 14.3. The number of nitrogens with two attached hydrogens (primary N) is 1. The fraction of sp³-hybridized carbons (Fsp3) is 0.484. The third kappa shape index (κ3) is 6.75. The van der Waals surface area contributed by atoms with E-state index in [1.807, 2.05) is 36.4 Å². The van der Waals surface area contributed by atoms with Crippen molar-refractivity contribution in [3.63, 3.8) is 0 Å². The molecule has 0 aromatic heterocycles. The molecule has 2 aromatic rings. The molecule has 2 atom stereocenters. The van der Waals surface area contributed by atoms with Gasteiger partial charge in [0, 0.05) is 11.1 Å². The Morgan fingerprint density at radius 3 is 2.33 bits per heavy atom. The molecule has 1 heterocycles. The van der Waals surface area contributed by atoms with E-state index in [9.17, 15) is 9.59 Å². The zero-order valence-corrected chi connectivity index (χ0v) is 24.7. The van der Waals surface area contributed by atoms with Crippen LogP contribution in [0.2, 0.25) is 0 Å². The topological polar surface area (TPSA) is 112 Å². The van der Waals surface area contributed by atoms with E-state index in [1.165, 1.54) is 0 Å². The standard InChI is InChI=1S/C31H42N5O2P/c1-20-13-17-31(18-14-20)35-27(22-9-11-24(39)12-10-22)29(38)36(31)25(15-16-30(2,3)4)21-5-7-23(8-6-21)28(37)34-19-26(32)33/h5-12,20,25H,13-19,39H2,1-4H3,(H3,32,33)(H,34,37). The number of carbonyl (C=O) groups excluding carboxylic acids is 2. The molecular weight excluding hydrogens is 505 g/mol. The van der Waals surface area contributed by atoms with Crippen molar-refractivity contribution in [2.24, 2.45) is 22.1 Å². The lowest BCUT2D eigenvalue weighted by Gasteiger charge is -2.45. The molecule has 208 valence electrons. The summed E-state index contributed by atoms with van der Waals surface area (Å²) in [6, 6.07) is 15.3. The van der Waals surface area contributed by atoms with Crippen LogP contribution in [0.5, 0.6) is 0 Å². The molecule has 2 amide bonds. The van der Waals surface area contributed by atoms with Crippen LogP contribution < -0.4 is 16.4 Å². The Balaban J connectivity index is 1.73. The van der Waals surface area contributed by atoms with Crippen LogP contribution in [0.1, 0.15) is 93.7 Å². The highest BCUT2D eigenvalue weighted by Crippen LogP contribution is 2.47. The fourth-order valence-electron chi connectivity index (χ4n) is 5.60. The van der Waals surface area contributed by atoms with Gasteiger partial charge in [0.2, 0.25) is 0 Å². The number of carbonyl (C=O) groups is 2. The van der Waals surface area contributed by atoms with E-state index in [-0.39, 0.29) is 35.7 Å². The quantitative estimate of drug-likeness (QED) is 0.247. The number of rotatable bonds is 8. The Bertz CT molecular complexity index is 1240. The fourth-order valence-corrected chi connectivity index (χ4v) is 5.79. The molecule has 0 bridgehead atoms. The lowest BCUT2D eigenvalue weighted by atomic mass is 9.80. The molecule has 2 unspecified atom stereocenters. The molecule has 1 fully saturated rings. The average molecular weight is 548 g/mol. The molecule has 1 aliphatic heterocycles. The van der Waals surface area contributed by atoms with Gasteiger partial charge in [-0.2, -0.15) is 0 Å². The van der Waals surface area contributed by atoms with Gasteiger partial charge in [0.1, 0.15) is 17.2 Å². The second-order valence-electron chi connectivity index (χ2n) is 12.4. The van der Waals surface area contributed by atoms with E-state index in [0.717, 1.165) is 55.0 Å². The highest BCUT2D eigenvalue weighted by Gasteiger charge is 2.51. The maximum atomic E-state index is 14.3. The molecule has 8 heteroatoms. The second kappa shape index (κ2) is 11.6. The third-order valence-electron chi connectivity index (χ3n) is 7.93. The van der Waals surface area contributed by atoms with Crippen molar-refractivity contribution in [1.29, 1.82) is 5.41 Å². The van der Waals surface area contributed by atoms with Gasteiger partial charge in [0.25, 0.3) is 11.8 Å². The summed E-state index contributed by atoms with van der Waals surface area (Å²) in [5.41, 5.74) is 7.85. The van der Waals surface area contributed by atoms with Crippen LogP contribution in [-0.4, -0.2) is 40.5 Å². The predicted molar refractivity (Wildman–Crippen MR) is 162 cm³/mol. The summed E-state index contributed by atoms with van der Waals surface area (Å²) in [6.45, 7) is 8.97. The lowest BCUT2D eigenvalue weighted by Crippen LogP contribution is -2.50. The molecule has 4 rings (SSSR count).